The second kappa shape index (κ2) is 12.8. The Balaban J connectivity index is 0.00000320. The lowest BCUT2D eigenvalue weighted by Crippen LogP contribution is -2.42. The highest BCUT2D eigenvalue weighted by molar-refractivity contribution is 14.0. The van der Waals surface area contributed by atoms with E-state index >= 15 is 0 Å². The number of aliphatic imine (C=N–C) groups is 1. The summed E-state index contributed by atoms with van der Waals surface area (Å²) in [7, 11) is 3.55. The second-order valence-electron chi connectivity index (χ2n) is 7.86. The quantitative estimate of drug-likeness (QED) is 0.325. The minimum absolute atomic E-state index is 0. The lowest BCUT2D eigenvalue weighted by atomic mass is 9.96. The van der Waals surface area contributed by atoms with Crippen LogP contribution in [0.4, 0.5) is 0 Å². The highest BCUT2D eigenvalue weighted by Gasteiger charge is 2.19. The Bertz CT molecular complexity index is 786. The van der Waals surface area contributed by atoms with Gasteiger partial charge in [-0.15, -0.1) is 24.0 Å². The van der Waals surface area contributed by atoms with E-state index in [0.29, 0.717) is 5.92 Å². The van der Waals surface area contributed by atoms with Crippen LogP contribution in [0, 0.1) is 12.8 Å². The van der Waals surface area contributed by atoms with Crippen molar-refractivity contribution in [2.45, 2.75) is 32.9 Å². The summed E-state index contributed by atoms with van der Waals surface area (Å²) in [6, 6.07) is 17.0. The fourth-order valence-electron chi connectivity index (χ4n) is 3.81. The largest absolute Gasteiger partial charge is 0.497 e. The Morgan fingerprint density at radius 1 is 1.07 bits per heavy atom. The first-order valence-electron chi connectivity index (χ1n) is 10.5. The van der Waals surface area contributed by atoms with E-state index in [-0.39, 0.29) is 24.0 Å². The van der Waals surface area contributed by atoms with Crippen LogP contribution in [0.25, 0.3) is 0 Å². The van der Waals surface area contributed by atoms with E-state index in [1.54, 1.807) is 7.11 Å². The molecule has 30 heavy (non-hydrogen) atoms. The fourth-order valence-corrected chi connectivity index (χ4v) is 3.81. The minimum atomic E-state index is 0. The Hall–Kier alpha value is -1.80. The van der Waals surface area contributed by atoms with E-state index in [1.165, 1.54) is 29.5 Å². The molecule has 0 radical (unpaired) electrons. The molecule has 0 amide bonds. The standard InChI is InChI=1S/C24H34N4O.HI/c1-19-5-4-6-22(15-19)17-27-24(25-2)26-16-20-11-13-28(14-12-20)18-21-7-9-23(29-3)10-8-21;/h4-10,15,20H,11-14,16-18H2,1-3H3,(H2,25,26,27);1H. The molecule has 2 aromatic carbocycles. The highest BCUT2D eigenvalue weighted by Crippen LogP contribution is 2.19. The molecule has 1 aliphatic heterocycles. The molecule has 0 saturated carbocycles. The average molecular weight is 522 g/mol. The van der Waals surface area contributed by atoms with Crippen molar-refractivity contribution in [3.8, 4) is 5.75 Å². The van der Waals surface area contributed by atoms with Gasteiger partial charge in [0.2, 0.25) is 0 Å². The zero-order chi connectivity index (χ0) is 20.5. The number of halogens is 1. The number of piperidine rings is 1. The van der Waals surface area contributed by atoms with Gasteiger partial charge in [-0.25, -0.2) is 0 Å². The number of likely N-dealkylation sites (tertiary alicyclic amines) is 1. The van der Waals surface area contributed by atoms with Crippen molar-refractivity contribution in [3.63, 3.8) is 0 Å². The Morgan fingerprint density at radius 2 is 1.80 bits per heavy atom. The number of hydrogen-bond donors (Lipinski definition) is 2. The van der Waals surface area contributed by atoms with Gasteiger partial charge in [-0.2, -0.15) is 0 Å². The maximum Gasteiger partial charge on any atom is 0.191 e. The average Bonchev–Trinajstić information content (AvgIpc) is 2.75. The third-order valence-corrected chi connectivity index (χ3v) is 5.60. The van der Waals surface area contributed by atoms with Gasteiger partial charge in [0, 0.05) is 26.7 Å². The van der Waals surface area contributed by atoms with Crippen molar-refractivity contribution in [3.05, 3.63) is 65.2 Å². The molecule has 0 bridgehead atoms. The van der Waals surface area contributed by atoms with Gasteiger partial charge in [-0.3, -0.25) is 9.89 Å². The van der Waals surface area contributed by atoms with Crippen LogP contribution in [0.15, 0.2) is 53.5 Å². The molecule has 1 fully saturated rings. The number of nitrogens with one attached hydrogen (secondary N) is 2. The molecule has 6 heteroatoms. The summed E-state index contributed by atoms with van der Waals surface area (Å²) >= 11 is 0. The number of hydrogen-bond acceptors (Lipinski definition) is 3. The van der Waals surface area contributed by atoms with Gasteiger partial charge >= 0.3 is 0 Å². The molecule has 0 aromatic heterocycles. The Kier molecular flexibility index (Phi) is 10.4. The van der Waals surface area contributed by atoms with E-state index in [4.69, 9.17) is 4.74 Å². The van der Waals surface area contributed by atoms with Gasteiger partial charge in [0.05, 0.1) is 7.11 Å². The third kappa shape index (κ3) is 7.80. The summed E-state index contributed by atoms with van der Waals surface area (Å²) < 4.78 is 5.24. The van der Waals surface area contributed by atoms with Crippen molar-refractivity contribution < 1.29 is 4.74 Å². The van der Waals surface area contributed by atoms with E-state index in [0.717, 1.165) is 44.4 Å². The third-order valence-electron chi connectivity index (χ3n) is 5.60. The lowest BCUT2D eigenvalue weighted by Gasteiger charge is -2.32. The molecule has 0 unspecified atom stereocenters. The molecule has 1 saturated heterocycles. The Labute approximate surface area is 198 Å². The van der Waals surface area contributed by atoms with E-state index in [2.05, 4.69) is 63.8 Å². The predicted octanol–water partition coefficient (Wildman–Crippen LogP) is 4.20. The van der Waals surface area contributed by atoms with Gasteiger partial charge in [-0.1, -0.05) is 42.0 Å². The number of methoxy groups -OCH3 is 1. The molecule has 3 rings (SSSR count). The summed E-state index contributed by atoms with van der Waals surface area (Å²) in [4.78, 5) is 6.91. The van der Waals surface area contributed by atoms with Crippen LogP contribution in [0.5, 0.6) is 5.75 Å². The van der Waals surface area contributed by atoms with Crippen LogP contribution < -0.4 is 15.4 Å². The number of aryl methyl sites for hydroxylation is 1. The van der Waals surface area contributed by atoms with Gasteiger partial charge in [-0.05, 0) is 62.0 Å². The molecule has 0 spiro atoms. The maximum absolute atomic E-state index is 5.24. The van der Waals surface area contributed by atoms with Crippen molar-refractivity contribution in [1.82, 2.24) is 15.5 Å². The number of guanidine groups is 1. The van der Waals surface area contributed by atoms with Crippen molar-refractivity contribution in [1.29, 1.82) is 0 Å². The zero-order valence-corrected chi connectivity index (χ0v) is 20.7. The van der Waals surface area contributed by atoms with Crippen molar-refractivity contribution in [2.24, 2.45) is 10.9 Å². The molecule has 2 aromatic rings. The van der Waals surface area contributed by atoms with Crippen LogP contribution in [0.2, 0.25) is 0 Å². The van der Waals surface area contributed by atoms with Crippen LogP contribution in [-0.4, -0.2) is 44.7 Å². The molecule has 0 atom stereocenters. The molecular formula is C24H35IN4O. The Morgan fingerprint density at radius 3 is 2.43 bits per heavy atom. The molecule has 1 aliphatic rings. The summed E-state index contributed by atoms with van der Waals surface area (Å²) in [6.07, 6.45) is 2.44. The zero-order valence-electron chi connectivity index (χ0n) is 18.4. The van der Waals surface area contributed by atoms with E-state index in [9.17, 15) is 0 Å². The smallest absolute Gasteiger partial charge is 0.191 e. The normalized spacial score (nSPS) is 15.4. The molecule has 1 heterocycles. The molecule has 2 N–H and O–H groups in total. The first-order chi connectivity index (χ1) is 14.2. The fraction of sp³-hybridized carbons (Fsp3) is 0.458. The first kappa shape index (κ1) is 24.5. The minimum Gasteiger partial charge on any atom is -0.497 e. The second-order valence-corrected chi connectivity index (χ2v) is 7.86. The first-order valence-corrected chi connectivity index (χ1v) is 10.5. The number of rotatable bonds is 7. The van der Waals surface area contributed by atoms with Crippen molar-refractivity contribution in [2.75, 3.05) is 33.8 Å². The van der Waals surface area contributed by atoms with E-state index < -0.39 is 0 Å². The van der Waals surface area contributed by atoms with Gasteiger partial charge in [0.15, 0.2) is 5.96 Å². The topological polar surface area (TPSA) is 48.9 Å². The van der Waals surface area contributed by atoms with Gasteiger partial charge in [0.1, 0.15) is 5.75 Å². The summed E-state index contributed by atoms with van der Waals surface area (Å²) in [6.45, 7) is 7.20. The summed E-state index contributed by atoms with van der Waals surface area (Å²) in [5, 5.41) is 6.93. The monoisotopic (exact) mass is 522 g/mol. The molecule has 5 nitrogen and oxygen atoms in total. The SMILES string of the molecule is CN=C(NCc1cccc(C)c1)NCC1CCN(Cc2ccc(OC)cc2)CC1.I. The maximum atomic E-state index is 5.24. The van der Waals surface area contributed by atoms with Crippen LogP contribution >= 0.6 is 24.0 Å². The molecular weight excluding hydrogens is 487 g/mol. The molecule has 0 aliphatic carbocycles. The van der Waals surface area contributed by atoms with Crippen LogP contribution in [-0.2, 0) is 13.1 Å². The van der Waals surface area contributed by atoms with Crippen LogP contribution in [0.3, 0.4) is 0 Å². The van der Waals surface area contributed by atoms with E-state index in [1.807, 2.05) is 19.2 Å². The van der Waals surface area contributed by atoms with Gasteiger partial charge < -0.3 is 15.4 Å². The summed E-state index contributed by atoms with van der Waals surface area (Å²) in [5.74, 6) is 2.50. The lowest BCUT2D eigenvalue weighted by molar-refractivity contribution is 0.178. The number of nitrogens with zero attached hydrogens (tertiary/aromatic N) is 2. The molecule has 164 valence electrons. The van der Waals surface area contributed by atoms with Gasteiger partial charge in [0.25, 0.3) is 0 Å². The number of ether oxygens (including phenoxy) is 1. The van der Waals surface area contributed by atoms with Crippen LogP contribution in [0.1, 0.15) is 29.5 Å². The van der Waals surface area contributed by atoms with Crippen molar-refractivity contribution >= 4 is 29.9 Å². The number of benzene rings is 2. The highest BCUT2D eigenvalue weighted by atomic mass is 127. The summed E-state index contributed by atoms with van der Waals surface area (Å²) in [5.41, 5.74) is 3.91. The predicted molar refractivity (Wildman–Crippen MR) is 136 cm³/mol.